The molecule has 174 valence electrons. The van der Waals surface area contributed by atoms with Crippen LogP contribution in [0.15, 0.2) is 53.7 Å². The van der Waals surface area contributed by atoms with Gasteiger partial charge in [-0.15, -0.1) is 0 Å². The second kappa shape index (κ2) is 8.81. The highest BCUT2D eigenvalue weighted by Gasteiger charge is 2.44. The standard InChI is InChI=1S/C29H36N2O2/c1-7-30(8-2)22-14-12-21(13-15-22)23-16-26(33)31(28-19(3)10-9-11-20(28)4)24-17-29(5,6)18-25(32)27(23)24/h9-15,23H,7-8,16-18H2,1-6H3. The molecule has 1 amide bonds. The Bertz CT molecular complexity index is 1090. The van der Waals surface area contributed by atoms with Crippen LogP contribution in [0.2, 0.25) is 0 Å². The summed E-state index contributed by atoms with van der Waals surface area (Å²) in [5.74, 6) is 0.0831. The first-order valence-electron chi connectivity index (χ1n) is 12.2. The van der Waals surface area contributed by atoms with Gasteiger partial charge in [0.25, 0.3) is 0 Å². The number of hydrogen-bond acceptors (Lipinski definition) is 3. The molecule has 0 N–H and O–H groups in total. The van der Waals surface area contributed by atoms with Gasteiger partial charge in [-0.1, -0.05) is 44.2 Å². The molecule has 2 aromatic carbocycles. The first-order chi connectivity index (χ1) is 15.7. The second-order valence-corrected chi connectivity index (χ2v) is 10.3. The summed E-state index contributed by atoms with van der Waals surface area (Å²) >= 11 is 0. The molecule has 4 rings (SSSR count). The fourth-order valence-electron chi connectivity index (χ4n) is 5.62. The van der Waals surface area contributed by atoms with E-state index in [0.29, 0.717) is 12.8 Å². The van der Waals surface area contributed by atoms with Crippen molar-refractivity contribution in [2.45, 2.75) is 66.7 Å². The van der Waals surface area contributed by atoms with Crippen LogP contribution in [-0.2, 0) is 9.59 Å². The Morgan fingerprint density at radius 2 is 1.55 bits per heavy atom. The smallest absolute Gasteiger partial charge is 0.232 e. The van der Waals surface area contributed by atoms with Gasteiger partial charge in [-0.25, -0.2) is 0 Å². The summed E-state index contributed by atoms with van der Waals surface area (Å²) < 4.78 is 0. The van der Waals surface area contributed by atoms with Gasteiger partial charge in [0.15, 0.2) is 5.78 Å². The lowest BCUT2D eigenvalue weighted by atomic mass is 9.69. The predicted molar refractivity (Wildman–Crippen MR) is 136 cm³/mol. The van der Waals surface area contributed by atoms with Gasteiger partial charge in [-0.2, -0.15) is 0 Å². The highest BCUT2D eigenvalue weighted by Crippen LogP contribution is 2.49. The van der Waals surface area contributed by atoms with Crippen molar-refractivity contribution in [3.63, 3.8) is 0 Å². The molecule has 0 fully saturated rings. The number of rotatable bonds is 5. The number of Topliss-reactive ketones (excluding diaryl/α,β-unsaturated/α-hetero) is 1. The summed E-state index contributed by atoms with van der Waals surface area (Å²) in [6.45, 7) is 14.6. The molecule has 0 aromatic heterocycles. The average molecular weight is 445 g/mol. The third kappa shape index (κ3) is 4.23. The van der Waals surface area contributed by atoms with Gasteiger partial charge in [-0.05, 0) is 68.4 Å². The Balaban J connectivity index is 1.85. The fraction of sp³-hybridized carbons (Fsp3) is 0.448. The number of para-hydroxylation sites is 1. The lowest BCUT2D eigenvalue weighted by Gasteiger charge is -2.43. The highest BCUT2D eigenvalue weighted by molar-refractivity contribution is 6.08. The number of amides is 1. The van der Waals surface area contributed by atoms with Crippen molar-refractivity contribution in [3.8, 4) is 0 Å². The largest absolute Gasteiger partial charge is 0.372 e. The first-order valence-corrected chi connectivity index (χ1v) is 12.2. The van der Waals surface area contributed by atoms with Crippen molar-refractivity contribution >= 4 is 23.1 Å². The molecule has 0 saturated heterocycles. The minimum atomic E-state index is -0.178. The minimum Gasteiger partial charge on any atom is -0.372 e. The van der Waals surface area contributed by atoms with Crippen LogP contribution in [0.3, 0.4) is 0 Å². The number of hydrogen-bond donors (Lipinski definition) is 0. The normalized spacial score (nSPS) is 20.2. The van der Waals surface area contributed by atoms with Crippen LogP contribution < -0.4 is 9.80 Å². The summed E-state index contributed by atoms with van der Waals surface area (Å²) in [6.07, 6.45) is 1.57. The van der Waals surface area contributed by atoms with Crippen LogP contribution in [0.5, 0.6) is 0 Å². The maximum atomic E-state index is 13.7. The molecule has 4 nitrogen and oxygen atoms in total. The molecule has 1 aliphatic heterocycles. The zero-order chi connectivity index (χ0) is 23.9. The number of carbonyl (C=O) groups excluding carboxylic acids is 2. The molecule has 33 heavy (non-hydrogen) atoms. The summed E-state index contributed by atoms with van der Waals surface area (Å²) in [4.78, 5) is 31.4. The fourth-order valence-corrected chi connectivity index (χ4v) is 5.62. The van der Waals surface area contributed by atoms with Crippen molar-refractivity contribution < 1.29 is 9.59 Å². The third-order valence-corrected chi connectivity index (χ3v) is 7.23. The van der Waals surface area contributed by atoms with Crippen LogP contribution >= 0.6 is 0 Å². The molecule has 0 spiro atoms. The number of ketones is 1. The van der Waals surface area contributed by atoms with Crippen LogP contribution in [0.4, 0.5) is 11.4 Å². The SMILES string of the molecule is CCN(CC)c1ccc(C2CC(=O)N(c3c(C)cccc3C)C3=C2C(=O)CC(C)(C)C3)cc1. The molecule has 0 radical (unpaired) electrons. The second-order valence-electron chi connectivity index (χ2n) is 10.3. The van der Waals surface area contributed by atoms with Gasteiger partial charge in [-0.3, -0.25) is 14.5 Å². The zero-order valence-electron chi connectivity index (χ0n) is 20.9. The lowest BCUT2D eigenvalue weighted by molar-refractivity contribution is -0.121. The van der Waals surface area contributed by atoms with Crippen molar-refractivity contribution in [2.75, 3.05) is 22.9 Å². The van der Waals surface area contributed by atoms with Crippen molar-refractivity contribution in [3.05, 3.63) is 70.4 Å². The van der Waals surface area contributed by atoms with Gasteiger partial charge >= 0.3 is 0 Å². The summed E-state index contributed by atoms with van der Waals surface area (Å²) in [5.41, 5.74) is 6.88. The Morgan fingerprint density at radius 1 is 0.939 bits per heavy atom. The Labute approximate surface area is 198 Å². The Morgan fingerprint density at radius 3 is 2.12 bits per heavy atom. The summed E-state index contributed by atoms with van der Waals surface area (Å²) in [6, 6.07) is 14.6. The molecule has 2 aromatic rings. The van der Waals surface area contributed by atoms with E-state index in [1.54, 1.807) is 0 Å². The van der Waals surface area contributed by atoms with E-state index in [0.717, 1.165) is 53.2 Å². The van der Waals surface area contributed by atoms with E-state index in [2.05, 4.69) is 56.9 Å². The third-order valence-electron chi connectivity index (χ3n) is 7.23. The first kappa shape index (κ1) is 23.3. The summed E-state index contributed by atoms with van der Waals surface area (Å²) in [7, 11) is 0. The lowest BCUT2D eigenvalue weighted by Crippen LogP contribution is -2.44. The monoisotopic (exact) mass is 444 g/mol. The van der Waals surface area contributed by atoms with E-state index in [1.807, 2.05) is 36.9 Å². The van der Waals surface area contributed by atoms with E-state index >= 15 is 0 Å². The maximum Gasteiger partial charge on any atom is 0.232 e. The molecular weight excluding hydrogens is 408 g/mol. The number of aryl methyl sites for hydroxylation is 2. The van der Waals surface area contributed by atoms with Crippen molar-refractivity contribution in [2.24, 2.45) is 5.41 Å². The number of anilines is 2. The molecule has 1 aliphatic carbocycles. The molecule has 1 unspecified atom stereocenters. The van der Waals surface area contributed by atoms with E-state index in [9.17, 15) is 9.59 Å². The van der Waals surface area contributed by atoms with Gasteiger partial charge in [0, 0.05) is 48.8 Å². The van der Waals surface area contributed by atoms with Gasteiger partial charge in [0.1, 0.15) is 0 Å². The van der Waals surface area contributed by atoms with Crippen molar-refractivity contribution in [1.29, 1.82) is 0 Å². The topological polar surface area (TPSA) is 40.6 Å². The molecule has 1 atom stereocenters. The maximum absolute atomic E-state index is 13.7. The number of benzene rings is 2. The molecule has 4 heteroatoms. The van der Waals surface area contributed by atoms with E-state index < -0.39 is 0 Å². The quantitative estimate of drug-likeness (QED) is 0.542. The Kier molecular flexibility index (Phi) is 6.22. The number of allylic oxidation sites excluding steroid dienone is 2. The number of carbonyl (C=O) groups is 2. The molecular formula is C29H36N2O2. The zero-order valence-corrected chi connectivity index (χ0v) is 20.9. The van der Waals surface area contributed by atoms with Gasteiger partial charge in [0.2, 0.25) is 5.91 Å². The van der Waals surface area contributed by atoms with Crippen molar-refractivity contribution in [1.82, 2.24) is 0 Å². The highest BCUT2D eigenvalue weighted by atomic mass is 16.2. The summed E-state index contributed by atoms with van der Waals surface area (Å²) in [5, 5.41) is 0. The van der Waals surface area contributed by atoms with Crippen LogP contribution in [0.1, 0.15) is 69.6 Å². The Hall–Kier alpha value is -2.88. The van der Waals surface area contributed by atoms with Crippen LogP contribution in [0, 0.1) is 19.3 Å². The van der Waals surface area contributed by atoms with Crippen LogP contribution in [-0.4, -0.2) is 24.8 Å². The van der Waals surface area contributed by atoms with Gasteiger partial charge < -0.3 is 4.90 Å². The molecule has 1 heterocycles. The molecule has 0 saturated carbocycles. The van der Waals surface area contributed by atoms with Gasteiger partial charge in [0.05, 0.1) is 5.69 Å². The molecule has 2 aliphatic rings. The number of nitrogens with zero attached hydrogens (tertiary/aromatic N) is 2. The van der Waals surface area contributed by atoms with E-state index in [1.165, 1.54) is 5.69 Å². The average Bonchev–Trinajstić information content (AvgIpc) is 2.75. The van der Waals surface area contributed by atoms with E-state index in [-0.39, 0.29) is 23.0 Å². The predicted octanol–water partition coefficient (Wildman–Crippen LogP) is 6.31. The van der Waals surface area contributed by atoms with Crippen LogP contribution in [0.25, 0.3) is 0 Å². The van der Waals surface area contributed by atoms with E-state index in [4.69, 9.17) is 0 Å². The molecule has 0 bridgehead atoms. The minimum absolute atomic E-state index is 0.0782.